The Labute approximate surface area is 128 Å². The summed E-state index contributed by atoms with van der Waals surface area (Å²) in [5, 5.41) is 13.7. The van der Waals surface area contributed by atoms with Gasteiger partial charge >= 0.3 is 0 Å². The highest BCUT2D eigenvalue weighted by molar-refractivity contribution is 5.39. The van der Waals surface area contributed by atoms with Crippen LogP contribution in [-0.4, -0.2) is 18.3 Å². The molecule has 0 aliphatic heterocycles. The molecule has 1 aliphatic carbocycles. The number of rotatable bonds is 4. The van der Waals surface area contributed by atoms with Crippen molar-refractivity contribution in [1.82, 2.24) is 5.32 Å². The van der Waals surface area contributed by atoms with E-state index in [1.54, 1.807) is 19.2 Å². The highest BCUT2D eigenvalue weighted by Gasteiger charge is 2.33. The van der Waals surface area contributed by atoms with Crippen molar-refractivity contribution in [3.63, 3.8) is 0 Å². The van der Waals surface area contributed by atoms with E-state index in [0.717, 1.165) is 11.3 Å². The third-order valence-corrected chi connectivity index (χ3v) is 4.72. The van der Waals surface area contributed by atoms with E-state index in [2.05, 4.69) is 26.1 Å². The molecule has 2 atom stereocenters. The van der Waals surface area contributed by atoms with Gasteiger partial charge in [-0.2, -0.15) is 0 Å². The van der Waals surface area contributed by atoms with Crippen LogP contribution in [0.25, 0.3) is 0 Å². The van der Waals surface area contributed by atoms with E-state index in [1.165, 1.54) is 25.7 Å². The Hall–Kier alpha value is -1.22. The monoisotopic (exact) mass is 291 g/mol. The van der Waals surface area contributed by atoms with Gasteiger partial charge in [-0.3, -0.25) is 0 Å². The fourth-order valence-electron chi connectivity index (χ4n) is 3.48. The Morgan fingerprint density at radius 1 is 1.24 bits per heavy atom. The number of hydrogen-bond donors (Lipinski definition) is 2. The smallest absolute Gasteiger partial charge is 0.120 e. The first kappa shape index (κ1) is 16.2. The zero-order valence-electron chi connectivity index (χ0n) is 13.8. The van der Waals surface area contributed by atoms with Gasteiger partial charge < -0.3 is 15.2 Å². The molecule has 1 aromatic carbocycles. The highest BCUT2D eigenvalue weighted by atomic mass is 16.5. The minimum Gasteiger partial charge on any atom is -0.508 e. The predicted molar refractivity (Wildman–Crippen MR) is 86.7 cm³/mol. The van der Waals surface area contributed by atoms with Crippen molar-refractivity contribution in [2.45, 2.75) is 59.0 Å². The maximum atomic E-state index is 9.99. The van der Waals surface area contributed by atoms with Gasteiger partial charge in [-0.25, -0.2) is 0 Å². The quantitative estimate of drug-likeness (QED) is 0.877. The third-order valence-electron chi connectivity index (χ3n) is 4.72. The first-order chi connectivity index (χ1) is 9.91. The predicted octanol–water partition coefficient (Wildman–Crippen LogP) is 4.10. The van der Waals surface area contributed by atoms with E-state index < -0.39 is 0 Å². The lowest BCUT2D eigenvalue weighted by Gasteiger charge is -2.41. The van der Waals surface area contributed by atoms with Crippen LogP contribution in [-0.2, 0) is 6.54 Å². The number of hydrogen-bond acceptors (Lipinski definition) is 3. The van der Waals surface area contributed by atoms with Gasteiger partial charge in [-0.1, -0.05) is 33.6 Å². The summed E-state index contributed by atoms with van der Waals surface area (Å²) in [7, 11) is 1.65. The molecule has 0 bridgehead atoms. The number of benzene rings is 1. The first-order valence-corrected chi connectivity index (χ1v) is 8.01. The van der Waals surface area contributed by atoms with Gasteiger partial charge in [-0.15, -0.1) is 0 Å². The summed E-state index contributed by atoms with van der Waals surface area (Å²) in [5.74, 6) is 1.83. The van der Waals surface area contributed by atoms with E-state index in [0.29, 0.717) is 29.7 Å². The molecule has 0 amide bonds. The number of nitrogens with one attached hydrogen (secondary N) is 1. The maximum absolute atomic E-state index is 9.99. The molecule has 21 heavy (non-hydrogen) atoms. The summed E-state index contributed by atoms with van der Waals surface area (Å²) >= 11 is 0. The maximum Gasteiger partial charge on any atom is 0.120 e. The molecule has 1 fully saturated rings. The summed E-state index contributed by atoms with van der Waals surface area (Å²) < 4.78 is 5.24. The Morgan fingerprint density at radius 3 is 2.62 bits per heavy atom. The average Bonchev–Trinajstić information content (AvgIpc) is 2.46. The number of phenolic OH excluding ortho intramolecular Hbond substituents is 1. The second kappa shape index (κ2) is 6.69. The van der Waals surface area contributed by atoms with Crippen molar-refractivity contribution < 1.29 is 9.84 Å². The van der Waals surface area contributed by atoms with E-state index in [1.807, 2.05) is 6.07 Å². The van der Waals surface area contributed by atoms with Crippen LogP contribution in [0.3, 0.4) is 0 Å². The Balaban J connectivity index is 2.04. The van der Waals surface area contributed by atoms with Crippen LogP contribution >= 0.6 is 0 Å². The van der Waals surface area contributed by atoms with Crippen LogP contribution in [0.4, 0.5) is 0 Å². The lowest BCUT2D eigenvalue weighted by Crippen LogP contribution is -2.43. The largest absolute Gasteiger partial charge is 0.508 e. The third kappa shape index (κ3) is 4.13. The second-order valence-corrected chi connectivity index (χ2v) is 7.24. The normalized spacial score (nSPS) is 23.0. The van der Waals surface area contributed by atoms with Crippen molar-refractivity contribution >= 4 is 0 Å². The van der Waals surface area contributed by atoms with Crippen LogP contribution in [0.1, 0.15) is 52.0 Å². The zero-order chi connectivity index (χ0) is 15.5. The summed E-state index contributed by atoms with van der Waals surface area (Å²) in [6, 6.07) is 5.94. The van der Waals surface area contributed by atoms with Gasteiger partial charge in [0.25, 0.3) is 0 Å². The Bertz CT molecular complexity index is 465. The van der Waals surface area contributed by atoms with Crippen LogP contribution in [0.15, 0.2) is 18.2 Å². The van der Waals surface area contributed by atoms with Crippen LogP contribution < -0.4 is 10.1 Å². The van der Waals surface area contributed by atoms with Gasteiger partial charge in [0.05, 0.1) is 7.11 Å². The van der Waals surface area contributed by atoms with Crippen LogP contribution in [0, 0.1) is 11.3 Å². The van der Waals surface area contributed by atoms with Gasteiger partial charge in [-0.05, 0) is 42.4 Å². The minimum atomic E-state index is 0.328. The number of ether oxygens (including phenoxy) is 1. The van der Waals surface area contributed by atoms with E-state index in [9.17, 15) is 5.11 Å². The lowest BCUT2D eigenvalue weighted by atomic mass is 9.69. The molecule has 2 unspecified atom stereocenters. The Morgan fingerprint density at radius 2 is 1.95 bits per heavy atom. The highest BCUT2D eigenvalue weighted by Crippen LogP contribution is 2.38. The second-order valence-electron chi connectivity index (χ2n) is 7.24. The molecule has 3 heteroatoms. The average molecular weight is 291 g/mol. The van der Waals surface area contributed by atoms with Crippen molar-refractivity contribution in [2.75, 3.05) is 7.11 Å². The van der Waals surface area contributed by atoms with Crippen LogP contribution in [0.5, 0.6) is 11.5 Å². The van der Waals surface area contributed by atoms with E-state index in [4.69, 9.17) is 4.74 Å². The Kier molecular flexibility index (Phi) is 5.15. The molecular weight excluding hydrogens is 262 g/mol. The fourth-order valence-corrected chi connectivity index (χ4v) is 3.48. The molecule has 0 spiro atoms. The molecule has 118 valence electrons. The zero-order valence-corrected chi connectivity index (χ0v) is 13.8. The van der Waals surface area contributed by atoms with Gasteiger partial charge in [0.15, 0.2) is 0 Å². The molecule has 1 aromatic rings. The molecule has 2 N–H and O–H groups in total. The molecule has 0 radical (unpaired) electrons. The molecular formula is C18H29NO2. The molecule has 1 aliphatic rings. The van der Waals surface area contributed by atoms with E-state index in [-0.39, 0.29) is 0 Å². The minimum absolute atomic E-state index is 0.328. The molecule has 0 heterocycles. The standard InChI is InChI=1S/C18H29NO2/c1-18(2,3)15-7-5-6-8-16(15)19-12-13-11-14(21-4)9-10-17(13)20/h9-11,15-16,19-20H,5-8,12H2,1-4H3. The summed E-state index contributed by atoms with van der Waals surface area (Å²) in [5.41, 5.74) is 1.24. The van der Waals surface area contributed by atoms with Gasteiger partial charge in [0.1, 0.15) is 11.5 Å². The fraction of sp³-hybridized carbons (Fsp3) is 0.667. The summed E-state index contributed by atoms with van der Waals surface area (Å²) in [6.07, 6.45) is 5.16. The summed E-state index contributed by atoms with van der Waals surface area (Å²) in [4.78, 5) is 0. The van der Waals surface area contributed by atoms with Crippen molar-refractivity contribution in [2.24, 2.45) is 11.3 Å². The van der Waals surface area contributed by atoms with Crippen molar-refractivity contribution in [3.8, 4) is 11.5 Å². The number of phenols is 1. The molecule has 1 saturated carbocycles. The topological polar surface area (TPSA) is 41.5 Å². The lowest BCUT2D eigenvalue weighted by molar-refractivity contribution is 0.130. The summed E-state index contributed by atoms with van der Waals surface area (Å²) in [6.45, 7) is 7.70. The molecule has 2 rings (SSSR count). The van der Waals surface area contributed by atoms with E-state index >= 15 is 0 Å². The number of aromatic hydroxyl groups is 1. The molecule has 3 nitrogen and oxygen atoms in total. The molecule has 0 saturated heterocycles. The number of methoxy groups -OCH3 is 1. The SMILES string of the molecule is COc1ccc(O)c(CNC2CCCCC2C(C)(C)C)c1. The molecule has 0 aromatic heterocycles. The first-order valence-electron chi connectivity index (χ1n) is 8.01. The van der Waals surface area contributed by atoms with Gasteiger partial charge in [0, 0.05) is 18.2 Å². The van der Waals surface area contributed by atoms with Crippen molar-refractivity contribution in [1.29, 1.82) is 0 Å². The van der Waals surface area contributed by atoms with Crippen LogP contribution in [0.2, 0.25) is 0 Å². The van der Waals surface area contributed by atoms with Gasteiger partial charge in [0.2, 0.25) is 0 Å². The van der Waals surface area contributed by atoms with Crippen molar-refractivity contribution in [3.05, 3.63) is 23.8 Å².